The molecule has 0 atom stereocenters. The van der Waals surface area contributed by atoms with E-state index in [9.17, 15) is 9.18 Å². The molecule has 0 spiro atoms. The van der Waals surface area contributed by atoms with Crippen molar-refractivity contribution in [1.29, 1.82) is 0 Å². The molecule has 3 rings (SSSR count). The Morgan fingerprint density at radius 1 is 1.25 bits per heavy atom. The van der Waals surface area contributed by atoms with Gasteiger partial charge >= 0.3 is 0 Å². The molecule has 2 aromatic heterocycles. The van der Waals surface area contributed by atoms with Crippen LogP contribution in [0.15, 0.2) is 36.8 Å². The van der Waals surface area contributed by atoms with Gasteiger partial charge in [-0.15, -0.1) is 0 Å². The van der Waals surface area contributed by atoms with Crippen molar-refractivity contribution in [3.63, 3.8) is 0 Å². The number of amides is 1. The van der Waals surface area contributed by atoms with Crippen molar-refractivity contribution in [2.24, 2.45) is 0 Å². The Balaban J connectivity index is 1.66. The Kier molecular flexibility index (Phi) is 3.45. The second-order valence-electron chi connectivity index (χ2n) is 4.84. The third kappa shape index (κ3) is 2.41. The number of hydrogen-bond acceptors (Lipinski definition) is 3. The molecule has 104 valence electrons. The molecule has 0 aliphatic carbocycles. The van der Waals surface area contributed by atoms with Gasteiger partial charge in [0.25, 0.3) is 5.91 Å². The topological polar surface area (TPSA) is 51.0 Å². The van der Waals surface area contributed by atoms with Crippen molar-refractivity contribution in [1.82, 2.24) is 19.7 Å². The van der Waals surface area contributed by atoms with Gasteiger partial charge in [0, 0.05) is 31.7 Å². The predicted molar refractivity (Wildman–Crippen MR) is 70.6 cm³/mol. The van der Waals surface area contributed by atoms with E-state index in [4.69, 9.17) is 0 Å². The fraction of sp³-hybridized carbons (Fsp3) is 0.357. The zero-order valence-corrected chi connectivity index (χ0v) is 10.9. The minimum absolute atomic E-state index is 0.0926. The highest BCUT2D eigenvalue weighted by Crippen LogP contribution is 2.22. The summed E-state index contributed by atoms with van der Waals surface area (Å²) < 4.78 is 15.5. The maximum atomic E-state index is 13.6. The summed E-state index contributed by atoms with van der Waals surface area (Å²) in [6.07, 6.45) is 6.76. The molecule has 6 heteroatoms. The van der Waals surface area contributed by atoms with E-state index in [2.05, 4.69) is 10.1 Å². The van der Waals surface area contributed by atoms with Gasteiger partial charge in [-0.3, -0.25) is 9.48 Å². The molecule has 0 unspecified atom stereocenters. The third-order valence-corrected chi connectivity index (χ3v) is 3.61. The molecule has 20 heavy (non-hydrogen) atoms. The van der Waals surface area contributed by atoms with Crippen LogP contribution >= 0.6 is 0 Å². The van der Waals surface area contributed by atoms with Gasteiger partial charge in [-0.25, -0.2) is 9.37 Å². The van der Waals surface area contributed by atoms with E-state index >= 15 is 0 Å². The number of halogens is 1. The van der Waals surface area contributed by atoms with Crippen LogP contribution < -0.4 is 0 Å². The molecule has 0 N–H and O–H groups in total. The van der Waals surface area contributed by atoms with Crippen LogP contribution in [0.1, 0.15) is 29.4 Å². The van der Waals surface area contributed by atoms with E-state index in [-0.39, 0.29) is 11.6 Å². The van der Waals surface area contributed by atoms with Crippen LogP contribution in [-0.4, -0.2) is 38.7 Å². The summed E-state index contributed by atoms with van der Waals surface area (Å²) in [4.78, 5) is 17.7. The normalized spacial score (nSPS) is 16.4. The highest BCUT2D eigenvalue weighted by Gasteiger charge is 2.26. The van der Waals surface area contributed by atoms with Crippen molar-refractivity contribution >= 4 is 5.91 Å². The lowest BCUT2D eigenvalue weighted by Gasteiger charge is -2.31. The zero-order chi connectivity index (χ0) is 13.9. The molecule has 1 saturated heterocycles. The monoisotopic (exact) mass is 274 g/mol. The quantitative estimate of drug-likeness (QED) is 0.840. The van der Waals surface area contributed by atoms with Crippen molar-refractivity contribution in [2.45, 2.75) is 18.9 Å². The summed E-state index contributed by atoms with van der Waals surface area (Å²) in [6, 6.07) is 4.94. The van der Waals surface area contributed by atoms with Crippen LogP contribution in [0.5, 0.6) is 0 Å². The molecule has 1 amide bonds. The van der Waals surface area contributed by atoms with Gasteiger partial charge in [0.2, 0.25) is 0 Å². The lowest BCUT2D eigenvalue weighted by atomic mass is 10.0. The summed E-state index contributed by atoms with van der Waals surface area (Å²) in [5.41, 5.74) is -0.0926. The second-order valence-corrected chi connectivity index (χ2v) is 4.84. The van der Waals surface area contributed by atoms with Gasteiger partial charge < -0.3 is 4.90 Å². The summed E-state index contributed by atoms with van der Waals surface area (Å²) in [7, 11) is 0. The standard InChI is InChI=1S/C14H15FN4O/c15-12-3-1-6-16-13(12)14(20)18-9-4-11(5-10-18)19-8-2-7-17-19/h1-3,6-8,11H,4-5,9-10H2. The molecule has 5 nitrogen and oxygen atoms in total. The molecule has 1 fully saturated rings. The van der Waals surface area contributed by atoms with Gasteiger partial charge in [-0.2, -0.15) is 5.10 Å². The first-order valence-corrected chi connectivity index (χ1v) is 6.64. The molecule has 1 aliphatic heterocycles. The van der Waals surface area contributed by atoms with Gasteiger partial charge in [-0.05, 0) is 31.0 Å². The molecule has 0 saturated carbocycles. The number of carbonyl (C=O) groups is 1. The van der Waals surface area contributed by atoms with Crippen LogP contribution in [0.4, 0.5) is 4.39 Å². The Morgan fingerprint density at radius 3 is 2.70 bits per heavy atom. The molecular formula is C14H15FN4O. The average Bonchev–Trinajstić information content (AvgIpc) is 3.01. The summed E-state index contributed by atoms with van der Waals surface area (Å²) in [6.45, 7) is 1.19. The average molecular weight is 274 g/mol. The molecular weight excluding hydrogens is 259 g/mol. The van der Waals surface area contributed by atoms with Gasteiger partial charge in [0.15, 0.2) is 11.5 Å². The van der Waals surface area contributed by atoms with Crippen molar-refractivity contribution in [3.8, 4) is 0 Å². The Labute approximate surface area is 116 Å². The first-order chi connectivity index (χ1) is 9.75. The van der Waals surface area contributed by atoms with Crippen molar-refractivity contribution in [2.75, 3.05) is 13.1 Å². The smallest absolute Gasteiger partial charge is 0.275 e. The number of nitrogens with zero attached hydrogens (tertiary/aromatic N) is 4. The number of piperidine rings is 1. The third-order valence-electron chi connectivity index (χ3n) is 3.61. The van der Waals surface area contributed by atoms with Gasteiger partial charge in [-0.1, -0.05) is 0 Å². The number of rotatable bonds is 2. The van der Waals surface area contributed by atoms with E-state index in [1.807, 2.05) is 16.9 Å². The molecule has 3 heterocycles. The van der Waals surface area contributed by atoms with Crippen LogP contribution in [0, 0.1) is 5.82 Å². The lowest BCUT2D eigenvalue weighted by Crippen LogP contribution is -2.39. The van der Waals surface area contributed by atoms with Gasteiger partial charge in [0.1, 0.15) is 0 Å². The molecule has 0 bridgehead atoms. The lowest BCUT2D eigenvalue weighted by molar-refractivity contribution is 0.0679. The first-order valence-electron chi connectivity index (χ1n) is 6.64. The number of hydrogen-bond donors (Lipinski definition) is 0. The summed E-state index contributed by atoms with van der Waals surface area (Å²) >= 11 is 0. The number of aromatic nitrogens is 3. The Morgan fingerprint density at radius 2 is 2.05 bits per heavy atom. The van der Waals surface area contributed by atoms with Crippen LogP contribution in [0.25, 0.3) is 0 Å². The number of carbonyl (C=O) groups excluding carboxylic acids is 1. The predicted octanol–water partition coefficient (Wildman–Crippen LogP) is 1.89. The maximum absolute atomic E-state index is 13.6. The van der Waals surface area contributed by atoms with Crippen LogP contribution in [-0.2, 0) is 0 Å². The minimum atomic E-state index is -0.563. The van der Waals surface area contributed by atoms with E-state index in [1.165, 1.54) is 18.3 Å². The van der Waals surface area contributed by atoms with E-state index in [1.54, 1.807) is 11.1 Å². The second kappa shape index (κ2) is 5.40. The van der Waals surface area contributed by atoms with Gasteiger partial charge in [0.05, 0.1) is 6.04 Å². The molecule has 0 radical (unpaired) electrons. The Hall–Kier alpha value is -2.24. The van der Waals surface area contributed by atoms with Crippen molar-refractivity contribution in [3.05, 3.63) is 48.3 Å². The number of likely N-dealkylation sites (tertiary alicyclic amines) is 1. The number of pyridine rings is 1. The fourth-order valence-corrected chi connectivity index (χ4v) is 2.52. The van der Waals surface area contributed by atoms with E-state index in [0.717, 1.165) is 12.8 Å². The molecule has 2 aromatic rings. The van der Waals surface area contributed by atoms with E-state index in [0.29, 0.717) is 19.1 Å². The zero-order valence-electron chi connectivity index (χ0n) is 10.9. The first kappa shape index (κ1) is 12.8. The minimum Gasteiger partial charge on any atom is -0.337 e. The van der Waals surface area contributed by atoms with E-state index < -0.39 is 5.82 Å². The fourth-order valence-electron chi connectivity index (χ4n) is 2.52. The SMILES string of the molecule is O=C(c1ncccc1F)N1CCC(n2cccn2)CC1. The summed E-state index contributed by atoms with van der Waals surface area (Å²) in [5.74, 6) is -0.895. The maximum Gasteiger partial charge on any atom is 0.275 e. The van der Waals surface area contributed by atoms with Crippen LogP contribution in [0.2, 0.25) is 0 Å². The highest BCUT2D eigenvalue weighted by molar-refractivity contribution is 5.92. The van der Waals surface area contributed by atoms with Crippen molar-refractivity contribution < 1.29 is 9.18 Å². The molecule has 1 aliphatic rings. The Bertz CT molecular complexity index is 591. The summed E-state index contributed by atoms with van der Waals surface area (Å²) in [5, 5.41) is 4.22. The largest absolute Gasteiger partial charge is 0.337 e. The highest BCUT2D eigenvalue weighted by atomic mass is 19.1. The molecule has 0 aromatic carbocycles. The van der Waals surface area contributed by atoms with Crippen LogP contribution in [0.3, 0.4) is 0 Å².